The summed E-state index contributed by atoms with van der Waals surface area (Å²) in [5.41, 5.74) is 4.75. The number of aryl methyl sites for hydroxylation is 1. The van der Waals surface area contributed by atoms with E-state index in [1.165, 1.54) is 0 Å². The molecule has 11 heteroatoms. The largest absolute Gasteiger partial charge is 0.494 e. The molecule has 0 amide bonds. The second-order valence-corrected chi connectivity index (χ2v) is 11.5. The Morgan fingerprint density at radius 3 is 2.41 bits per heavy atom. The number of imidazole rings is 1. The fourth-order valence-corrected chi connectivity index (χ4v) is 5.56. The van der Waals surface area contributed by atoms with Gasteiger partial charge in [0.1, 0.15) is 29.7 Å². The highest BCUT2D eigenvalue weighted by Gasteiger charge is 2.12. The number of aromatic nitrogens is 3. The summed E-state index contributed by atoms with van der Waals surface area (Å²) in [4.78, 5) is 18.9. The molecule has 4 N–H and O–H groups in total. The van der Waals surface area contributed by atoms with Gasteiger partial charge in [-0.05, 0) is 71.9 Å². The number of hydrogen-bond acceptors (Lipinski definition) is 7. The van der Waals surface area contributed by atoms with Crippen molar-refractivity contribution in [1.82, 2.24) is 19.9 Å². The molecule has 6 rings (SSSR count). The van der Waals surface area contributed by atoms with Gasteiger partial charge in [-0.15, -0.1) is 0 Å². The third-order valence-electron chi connectivity index (χ3n) is 6.95. The topological polar surface area (TPSA) is 113 Å². The van der Waals surface area contributed by atoms with Crippen molar-refractivity contribution < 1.29 is 14.6 Å². The van der Waals surface area contributed by atoms with Crippen LogP contribution in [-0.2, 0) is 26.6 Å². The van der Waals surface area contributed by atoms with Gasteiger partial charge in [0.05, 0.1) is 15.9 Å². The first kappa shape index (κ1) is 29.0. The summed E-state index contributed by atoms with van der Waals surface area (Å²) in [6.45, 7) is 0.941. The molecule has 0 aliphatic rings. The zero-order valence-corrected chi connectivity index (χ0v) is 25.4. The van der Waals surface area contributed by atoms with Crippen LogP contribution in [0, 0.1) is 0 Å². The van der Waals surface area contributed by atoms with Gasteiger partial charge in [0.2, 0.25) is 5.88 Å². The van der Waals surface area contributed by atoms with Gasteiger partial charge in [0.15, 0.2) is 5.11 Å². The quantitative estimate of drug-likeness (QED) is 0.128. The van der Waals surface area contributed by atoms with Crippen LogP contribution >= 0.6 is 23.6 Å². The van der Waals surface area contributed by atoms with E-state index in [0.29, 0.717) is 40.2 Å². The Balaban J connectivity index is 1.04. The van der Waals surface area contributed by atoms with Crippen LogP contribution < -0.4 is 25.0 Å². The van der Waals surface area contributed by atoms with Gasteiger partial charge in [0, 0.05) is 31.8 Å². The molecule has 0 fully saturated rings. The van der Waals surface area contributed by atoms with E-state index in [9.17, 15) is 9.90 Å². The van der Waals surface area contributed by atoms with Crippen molar-refractivity contribution in [2.45, 2.75) is 19.6 Å². The first-order valence-electron chi connectivity index (χ1n) is 13.8. The molecule has 0 aliphatic carbocycles. The molecule has 6 aromatic rings. The molecule has 44 heavy (non-hydrogen) atoms. The average Bonchev–Trinajstić information content (AvgIpc) is 3.53. The van der Waals surface area contributed by atoms with E-state index in [1.54, 1.807) is 0 Å². The maximum Gasteiger partial charge on any atom is 0.307 e. The lowest BCUT2D eigenvalue weighted by atomic mass is 10.1. The Hall–Kier alpha value is -5.13. The molecule has 0 atom stereocenters. The Labute approximate surface area is 262 Å². The van der Waals surface area contributed by atoms with E-state index in [4.69, 9.17) is 26.7 Å². The third-order valence-corrected chi connectivity index (χ3v) is 8.06. The number of ether oxygens (including phenoxy) is 2. The van der Waals surface area contributed by atoms with E-state index >= 15 is 0 Å². The van der Waals surface area contributed by atoms with Crippen molar-refractivity contribution in [3.05, 3.63) is 129 Å². The van der Waals surface area contributed by atoms with Gasteiger partial charge in [-0.3, -0.25) is 9.78 Å². The van der Waals surface area contributed by atoms with Crippen LogP contribution in [0.15, 0.2) is 102 Å². The van der Waals surface area contributed by atoms with Crippen LogP contribution in [-0.4, -0.2) is 24.8 Å². The van der Waals surface area contributed by atoms with Crippen molar-refractivity contribution in [3.8, 4) is 23.1 Å². The number of benzene rings is 4. The van der Waals surface area contributed by atoms with Gasteiger partial charge in [0.25, 0.3) is 0 Å². The number of thiazole rings is 1. The fourth-order valence-electron chi connectivity index (χ4n) is 4.62. The summed E-state index contributed by atoms with van der Waals surface area (Å²) in [5, 5.41) is 16.8. The first-order valence-corrected chi connectivity index (χ1v) is 15.1. The third kappa shape index (κ3) is 7.08. The van der Waals surface area contributed by atoms with E-state index < -0.39 is 0 Å². The summed E-state index contributed by atoms with van der Waals surface area (Å²) < 4.78 is 14.1. The number of aromatic amines is 1. The molecule has 0 unspecified atom stereocenters. The Morgan fingerprint density at radius 2 is 1.68 bits per heavy atom. The lowest BCUT2D eigenvalue weighted by molar-refractivity contribution is 0.292. The van der Waals surface area contributed by atoms with Crippen LogP contribution in [0.5, 0.6) is 23.1 Å². The minimum absolute atomic E-state index is 0.0745. The number of nitrogens with one attached hydrogen (secondary N) is 3. The molecule has 222 valence electrons. The van der Waals surface area contributed by atoms with Crippen LogP contribution in [0.2, 0.25) is 0 Å². The highest BCUT2D eigenvalue weighted by Crippen LogP contribution is 2.28. The van der Waals surface area contributed by atoms with Gasteiger partial charge in [-0.25, -0.2) is 4.98 Å². The van der Waals surface area contributed by atoms with Crippen molar-refractivity contribution >= 4 is 45.4 Å². The predicted octanol–water partition coefficient (Wildman–Crippen LogP) is 6.48. The minimum Gasteiger partial charge on any atom is -0.494 e. The summed E-state index contributed by atoms with van der Waals surface area (Å²) >= 11 is 6.43. The zero-order valence-electron chi connectivity index (χ0n) is 23.7. The summed E-state index contributed by atoms with van der Waals surface area (Å²) in [6.07, 6.45) is 0.465. The molecule has 0 bridgehead atoms. The monoisotopic (exact) mass is 623 g/mol. The SMILES string of the molecule is Cn1c(COc2ccc(Cc3sc(=O)[nH]c3O)cc2)nc2ccc(Oc3ccc(NC(=S)NCc4ccccc4)cc3)cc21. The maximum atomic E-state index is 11.4. The van der Waals surface area contributed by atoms with Gasteiger partial charge >= 0.3 is 4.87 Å². The highest BCUT2D eigenvalue weighted by atomic mass is 32.1. The Morgan fingerprint density at radius 1 is 0.955 bits per heavy atom. The molecule has 0 saturated carbocycles. The summed E-state index contributed by atoms with van der Waals surface area (Å²) in [6, 6.07) is 31.1. The second kappa shape index (κ2) is 13.0. The van der Waals surface area contributed by atoms with Crippen molar-refractivity contribution in [2.75, 3.05) is 5.32 Å². The molecule has 2 heterocycles. The van der Waals surface area contributed by atoms with Crippen molar-refractivity contribution in [3.63, 3.8) is 0 Å². The number of nitrogens with zero attached hydrogens (tertiary/aromatic N) is 2. The zero-order chi connectivity index (χ0) is 30.5. The number of fused-ring (bicyclic) bond motifs is 1. The summed E-state index contributed by atoms with van der Waals surface area (Å²) in [7, 11) is 1.95. The Kier molecular flexibility index (Phi) is 8.57. The van der Waals surface area contributed by atoms with Crippen LogP contribution in [0.1, 0.15) is 21.8 Å². The molecular formula is C33H29N5O4S2. The standard InChI is InChI=1S/C33H29N5O4S2/c1-38-28-18-26(42-25-13-9-23(10-14-25)35-32(43)34-19-22-5-3-2-4-6-22)15-16-27(28)36-30(38)20-41-24-11-7-21(8-12-24)17-29-31(39)37-33(40)44-29/h2-16,18,39H,17,19-20H2,1H3,(H,37,40)(H2,34,35,43). The van der Waals surface area contributed by atoms with Crippen LogP contribution in [0.25, 0.3) is 11.0 Å². The molecule has 4 aromatic carbocycles. The smallest absolute Gasteiger partial charge is 0.307 e. The molecular weight excluding hydrogens is 595 g/mol. The average molecular weight is 624 g/mol. The van der Waals surface area contributed by atoms with Crippen molar-refractivity contribution in [1.29, 1.82) is 0 Å². The Bertz CT molecular complexity index is 1950. The number of hydrogen-bond donors (Lipinski definition) is 4. The van der Waals surface area contributed by atoms with E-state index in [2.05, 4.69) is 15.6 Å². The second-order valence-electron chi connectivity index (χ2n) is 10.1. The number of rotatable bonds is 10. The molecule has 0 aliphatic heterocycles. The minimum atomic E-state index is -0.269. The predicted molar refractivity (Wildman–Crippen MR) is 177 cm³/mol. The molecule has 0 radical (unpaired) electrons. The van der Waals surface area contributed by atoms with Gasteiger partial charge in [-0.2, -0.15) is 0 Å². The molecule has 0 saturated heterocycles. The molecule has 2 aromatic heterocycles. The molecule has 0 spiro atoms. The van der Waals surface area contributed by atoms with Gasteiger partial charge < -0.3 is 29.8 Å². The summed E-state index contributed by atoms with van der Waals surface area (Å²) in [5.74, 6) is 2.79. The lowest BCUT2D eigenvalue weighted by Crippen LogP contribution is -2.27. The highest BCUT2D eigenvalue weighted by molar-refractivity contribution is 7.80. The van der Waals surface area contributed by atoms with Crippen LogP contribution in [0.3, 0.4) is 0 Å². The van der Waals surface area contributed by atoms with Crippen LogP contribution in [0.4, 0.5) is 5.69 Å². The maximum absolute atomic E-state index is 11.4. The lowest BCUT2D eigenvalue weighted by Gasteiger charge is -2.11. The van der Waals surface area contributed by atoms with E-state index in [1.807, 2.05) is 109 Å². The number of anilines is 1. The number of aromatic hydroxyl groups is 1. The van der Waals surface area contributed by atoms with Gasteiger partial charge in [-0.1, -0.05) is 53.8 Å². The fraction of sp³-hybridized carbons (Fsp3) is 0.121. The molecule has 9 nitrogen and oxygen atoms in total. The van der Waals surface area contributed by atoms with E-state index in [-0.39, 0.29) is 17.4 Å². The van der Waals surface area contributed by atoms with E-state index in [0.717, 1.165) is 45.0 Å². The number of H-pyrrole nitrogens is 1. The first-order chi connectivity index (χ1) is 21.4. The van der Waals surface area contributed by atoms with Crippen molar-refractivity contribution in [2.24, 2.45) is 7.05 Å². The normalized spacial score (nSPS) is 10.9. The number of thiocarbonyl (C=S) groups is 1.